The topological polar surface area (TPSA) is 67.6 Å². The molecule has 1 fully saturated rings. The van der Waals surface area contributed by atoms with Gasteiger partial charge in [0, 0.05) is 24.5 Å². The van der Waals surface area contributed by atoms with Gasteiger partial charge in [-0.25, -0.2) is 4.98 Å². The van der Waals surface area contributed by atoms with Crippen molar-refractivity contribution in [1.29, 1.82) is 0 Å². The number of pyridine rings is 1. The van der Waals surface area contributed by atoms with E-state index in [2.05, 4.69) is 10.3 Å². The Balaban J connectivity index is 1.55. The molecule has 0 unspecified atom stereocenters. The third-order valence-corrected chi connectivity index (χ3v) is 4.60. The Labute approximate surface area is 151 Å². The lowest BCUT2D eigenvalue weighted by molar-refractivity contribution is -0.0246. The Bertz CT molecular complexity index is 950. The Hall–Kier alpha value is -2.86. The van der Waals surface area contributed by atoms with Crippen molar-refractivity contribution >= 4 is 22.7 Å². The fourth-order valence-corrected chi connectivity index (χ4v) is 3.27. The summed E-state index contributed by atoms with van der Waals surface area (Å²) in [5, 5.41) is 3.98. The van der Waals surface area contributed by atoms with Gasteiger partial charge in [0.15, 0.2) is 0 Å². The molecule has 6 heteroatoms. The van der Waals surface area contributed by atoms with E-state index in [1.165, 1.54) is 0 Å². The van der Waals surface area contributed by atoms with Crippen LogP contribution < -0.4 is 5.32 Å². The number of carbonyl (C=O) groups is 1. The van der Waals surface area contributed by atoms with E-state index in [1.54, 1.807) is 0 Å². The van der Waals surface area contributed by atoms with Crippen LogP contribution in [-0.4, -0.2) is 42.5 Å². The Morgan fingerprint density at radius 3 is 3.00 bits per heavy atom. The number of furan rings is 1. The van der Waals surface area contributed by atoms with E-state index in [9.17, 15) is 4.79 Å². The number of aromatic nitrogens is 1. The number of fused-ring (bicyclic) bond motifs is 1. The molecule has 2 aromatic heterocycles. The summed E-state index contributed by atoms with van der Waals surface area (Å²) >= 11 is 0. The lowest BCUT2D eigenvalue weighted by Gasteiger charge is -2.32. The Kier molecular flexibility index (Phi) is 4.34. The van der Waals surface area contributed by atoms with Crippen LogP contribution in [0.15, 0.2) is 46.9 Å². The number of rotatable bonds is 3. The molecule has 3 heterocycles. The summed E-state index contributed by atoms with van der Waals surface area (Å²) in [6.45, 7) is 3.46. The van der Waals surface area contributed by atoms with Gasteiger partial charge in [-0.3, -0.25) is 4.79 Å². The molecule has 1 saturated heterocycles. The minimum Gasteiger partial charge on any atom is -0.461 e. The lowest BCUT2D eigenvalue weighted by Crippen LogP contribution is -2.42. The average Bonchev–Trinajstić information content (AvgIpc) is 3.06. The molecule has 0 bridgehead atoms. The molecular formula is C20H21N3O3. The van der Waals surface area contributed by atoms with Gasteiger partial charge in [-0.2, -0.15) is 0 Å². The molecule has 1 N–H and O–H groups in total. The van der Waals surface area contributed by atoms with Crippen molar-refractivity contribution in [3.8, 4) is 0 Å². The van der Waals surface area contributed by atoms with Gasteiger partial charge in [-0.1, -0.05) is 6.07 Å². The molecule has 134 valence electrons. The number of aryl methyl sites for hydroxylation is 1. The van der Waals surface area contributed by atoms with Crippen LogP contribution in [0.3, 0.4) is 0 Å². The van der Waals surface area contributed by atoms with Gasteiger partial charge in [0.05, 0.1) is 18.8 Å². The van der Waals surface area contributed by atoms with Crippen LogP contribution >= 0.6 is 0 Å². The SMILES string of the molecule is CNc1cccc([C@H]2CN(C(=O)c3ccc4oc(C)cc4c3)CCO2)n1. The highest BCUT2D eigenvalue weighted by molar-refractivity contribution is 5.98. The minimum absolute atomic E-state index is 0.00354. The van der Waals surface area contributed by atoms with E-state index in [4.69, 9.17) is 9.15 Å². The number of morpholine rings is 1. The summed E-state index contributed by atoms with van der Waals surface area (Å²) in [4.78, 5) is 19.3. The maximum absolute atomic E-state index is 13.0. The molecule has 26 heavy (non-hydrogen) atoms. The molecule has 1 aromatic carbocycles. The highest BCUT2D eigenvalue weighted by Gasteiger charge is 2.27. The van der Waals surface area contributed by atoms with Crippen LogP contribution in [0.4, 0.5) is 5.82 Å². The van der Waals surface area contributed by atoms with Crippen molar-refractivity contribution < 1.29 is 13.9 Å². The Morgan fingerprint density at radius 1 is 1.27 bits per heavy atom. The molecule has 0 spiro atoms. The highest BCUT2D eigenvalue weighted by Crippen LogP contribution is 2.25. The smallest absolute Gasteiger partial charge is 0.254 e. The first-order chi connectivity index (χ1) is 12.6. The normalized spacial score (nSPS) is 17.5. The monoisotopic (exact) mass is 351 g/mol. The summed E-state index contributed by atoms with van der Waals surface area (Å²) in [5.41, 5.74) is 2.29. The highest BCUT2D eigenvalue weighted by atomic mass is 16.5. The number of hydrogen-bond donors (Lipinski definition) is 1. The predicted octanol–water partition coefficient (Wildman–Crippen LogP) is 3.39. The minimum atomic E-state index is -0.221. The summed E-state index contributed by atoms with van der Waals surface area (Å²) in [5.74, 6) is 1.63. The van der Waals surface area contributed by atoms with Crippen molar-refractivity contribution in [2.75, 3.05) is 32.1 Å². The molecule has 4 rings (SSSR count). The van der Waals surface area contributed by atoms with Crippen LogP contribution in [0.25, 0.3) is 11.0 Å². The van der Waals surface area contributed by atoms with Crippen molar-refractivity contribution in [3.05, 3.63) is 59.5 Å². The molecule has 6 nitrogen and oxygen atoms in total. The van der Waals surface area contributed by atoms with Crippen LogP contribution in [-0.2, 0) is 4.74 Å². The summed E-state index contributed by atoms with van der Waals surface area (Å²) in [6.07, 6.45) is -0.221. The second kappa shape index (κ2) is 6.80. The van der Waals surface area contributed by atoms with Crippen LogP contribution in [0.2, 0.25) is 0 Å². The van der Waals surface area contributed by atoms with Gasteiger partial charge in [-0.05, 0) is 43.3 Å². The van der Waals surface area contributed by atoms with E-state index >= 15 is 0 Å². The molecule has 1 aliphatic rings. The average molecular weight is 351 g/mol. The zero-order valence-corrected chi connectivity index (χ0v) is 14.9. The van der Waals surface area contributed by atoms with E-state index in [0.717, 1.165) is 28.2 Å². The van der Waals surface area contributed by atoms with Gasteiger partial charge in [0.2, 0.25) is 0 Å². The van der Waals surface area contributed by atoms with Crippen molar-refractivity contribution in [2.45, 2.75) is 13.0 Å². The van der Waals surface area contributed by atoms with Gasteiger partial charge < -0.3 is 19.4 Å². The van der Waals surface area contributed by atoms with Crippen LogP contribution in [0, 0.1) is 6.92 Å². The molecule has 0 aliphatic carbocycles. The zero-order valence-electron chi connectivity index (χ0n) is 14.9. The molecule has 1 amide bonds. The number of benzene rings is 1. The fraction of sp³-hybridized carbons (Fsp3) is 0.300. The predicted molar refractivity (Wildman–Crippen MR) is 99.3 cm³/mol. The standard InChI is InChI=1S/C20H21N3O3/c1-13-10-15-11-14(6-7-17(15)26-13)20(24)23-8-9-25-18(12-23)16-4-3-5-19(21-2)22-16/h3-7,10-11,18H,8-9,12H2,1-2H3,(H,21,22)/t18-/m1/s1. The fourth-order valence-electron chi connectivity index (χ4n) is 3.27. The van der Waals surface area contributed by atoms with Gasteiger partial charge in [0.25, 0.3) is 5.91 Å². The van der Waals surface area contributed by atoms with E-state index in [-0.39, 0.29) is 12.0 Å². The molecule has 0 saturated carbocycles. The van der Waals surface area contributed by atoms with E-state index in [1.807, 2.05) is 61.3 Å². The lowest BCUT2D eigenvalue weighted by atomic mass is 10.1. The summed E-state index contributed by atoms with van der Waals surface area (Å²) < 4.78 is 11.4. The second-order valence-corrected chi connectivity index (χ2v) is 6.42. The molecular weight excluding hydrogens is 330 g/mol. The number of anilines is 1. The molecule has 0 radical (unpaired) electrons. The van der Waals surface area contributed by atoms with Gasteiger partial charge >= 0.3 is 0 Å². The third-order valence-electron chi connectivity index (χ3n) is 4.60. The first-order valence-corrected chi connectivity index (χ1v) is 8.70. The van der Waals surface area contributed by atoms with Crippen LogP contribution in [0.5, 0.6) is 0 Å². The summed E-state index contributed by atoms with van der Waals surface area (Å²) in [7, 11) is 1.83. The molecule has 1 atom stereocenters. The number of ether oxygens (including phenoxy) is 1. The first kappa shape index (κ1) is 16.6. The second-order valence-electron chi connectivity index (χ2n) is 6.42. The summed E-state index contributed by atoms with van der Waals surface area (Å²) in [6, 6.07) is 13.3. The first-order valence-electron chi connectivity index (χ1n) is 8.70. The van der Waals surface area contributed by atoms with E-state index in [0.29, 0.717) is 25.3 Å². The molecule has 1 aliphatic heterocycles. The zero-order chi connectivity index (χ0) is 18.1. The van der Waals surface area contributed by atoms with E-state index < -0.39 is 0 Å². The van der Waals surface area contributed by atoms with Crippen molar-refractivity contribution in [2.24, 2.45) is 0 Å². The van der Waals surface area contributed by atoms with Crippen molar-refractivity contribution in [1.82, 2.24) is 9.88 Å². The number of nitrogens with one attached hydrogen (secondary N) is 1. The number of amides is 1. The maximum Gasteiger partial charge on any atom is 0.254 e. The Morgan fingerprint density at radius 2 is 2.15 bits per heavy atom. The van der Waals surface area contributed by atoms with Crippen LogP contribution in [0.1, 0.15) is 27.9 Å². The third kappa shape index (κ3) is 3.15. The number of carbonyl (C=O) groups excluding carboxylic acids is 1. The number of nitrogens with zero attached hydrogens (tertiary/aromatic N) is 2. The van der Waals surface area contributed by atoms with Gasteiger partial charge in [0.1, 0.15) is 23.3 Å². The number of hydrogen-bond acceptors (Lipinski definition) is 5. The quantitative estimate of drug-likeness (QED) is 0.783. The maximum atomic E-state index is 13.0. The van der Waals surface area contributed by atoms with Gasteiger partial charge in [-0.15, -0.1) is 0 Å². The molecule has 3 aromatic rings. The van der Waals surface area contributed by atoms with Crippen molar-refractivity contribution in [3.63, 3.8) is 0 Å². The largest absolute Gasteiger partial charge is 0.461 e.